The van der Waals surface area contributed by atoms with Crippen molar-refractivity contribution in [2.45, 2.75) is 56.7 Å². The molecule has 19 heavy (non-hydrogen) atoms. The number of nitrogens with two attached hydrogens (primary N) is 1. The van der Waals surface area contributed by atoms with E-state index in [0.29, 0.717) is 6.10 Å². The summed E-state index contributed by atoms with van der Waals surface area (Å²) < 4.78 is 5.84. The van der Waals surface area contributed by atoms with E-state index in [9.17, 15) is 0 Å². The summed E-state index contributed by atoms with van der Waals surface area (Å²) in [5.41, 5.74) is 6.38. The van der Waals surface area contributed by atoms with E-state index in [-0.39, 0.29) is 5.54 Å². The summed E-state index contributed by atoms with van der Waals surface area (Å²) >= 11 is 0. The van der Waals surface area contributed by atoms with E-state index in [4.69, 9.17) is 10.5 Å². The molecule has 112 valence electrons. The van der Waals surface area contributed by atoms with Gasteiger partial charge in [0.05, 0.1) is 6.10 Å². The number of piperidine rings is 1. The van der Waals surface area contributed by atoms with Crippen LogP contribution in [0.5, 0.6) is 0 Å². The number of nitrogens with zero attached hydrogens (tertiary/aromatic N) is 2. The highest BCUT2D eigenvalue weighted by Gasteiger charge is 2.41. The summed E-state index contributed by atoms with van der Waals surface area (Å²) in [5.74, 6) is 0. The second kappa shape index (κ2) is 6.53. The van der Waals surface area contributed by atoms with Crippen LogP contribution in [0.25, 0.3) is 0 Å². The Balaban J connectivity index is 1.98. The van der Waals surface area contributed by atoms with Crippen molar-refractivity contribution in [3.63, 3.8) is 0 Å². The molecule has 2 atom stereocenters. The van der Waals surface area contributed by atoms with Crippen LogP contribution in [0.15, 0.2) is 0 Å². The molecule has 2 saturated heterocycles. The Hall–Kier alpha value is -0.160. The highest BCUT2D eigenvalue weighted by Crippen LogP contribution is 2.33. The first-order valence-electron chi connectivity index (χ1n) is 7.84. The molecule has 0 aromatic rings. The SMILES string of the molecule is CCC1CC(CN)(N2CCC(N(C)C)CC2)CCO1. The van der Waals surface area contributed by atoms with Gasteiger partial charge in [-0.2, -0.15) is 0 Å². The summed E-state index contributed by atoms with van der Waals surface area (Å²) in [5, 5.41) is 0. The fraction of sp³-hybridized carbons (Fsp3) is 1.00. The smallest absolute Gasteiger partial charge is 0.0590 e. The molecule has 2 rings (SSSR count). The van der Waals surface area contributed by atoms with Gasteiger partial charge in [0, 0.05) is 37.8 Å². The second-order valence-electron chi connectivity index (χ2n) is 6.47. The minimum atomic E-state index is 0.205. The highest BCUT2D eigenvalue weighted by molar-refractivity contribution is 4.98. The van der Waals surface area contributed by atoms with Gasteiger partial charge in [0.25, 0.3) is 0 Å². The van der Waals surface area contributed by atoms with Crippen LogP contribution >= 0.6 is 0 Å². The molecule has 0 aliphatic carbocycles. The summed E-state index contributed by atoms with van der Waals surface area (Å²) in [6.07, 6.45) is 6.28. The minimum Gasteiger partial charge on any atom is -0.378 e. The van der Waals surface area contributed by atoms with Crippen LogP contribution in [0.4, 0.5) is 0 Å². The molecule has 2 fully saturated rings. The zero-order valence-corrected chi connectivity index (χ0v) is 12.9. The molecule has 2 N–H and O–H groups in total. The molecule has 0 bridgehead atoms. The van der Waals surface area contributed by atoms with Gasteiger partial charge in [0.1, 0.15) is 0 Å². The largest absolute Gasteiger partial charge is 0.378 e. The maximum absolute atomic E-state index is 6.17. The Morgan fingerprint density at radius 2 is 2.00 bits per heavy atom. The van der Waals surface area contributed by atoms with Crippen molar-refractivity contribution in [3.8, 4) is 0 Å². The number of rotatable bonds is 4. The van der Waals surface area contributed by atoms with Gasteiger partial charge in [-0.3, -0.25) is 4.90 Å². The topological polar surface area (TPSA) is 41.7 Å². The van der Waals surface area contributed by atoms with Gasteiger partial charge in [-0.15, -0.1) is 0 Å². The molecule has 0 saturated carbocycles. The maximum Gasteiger partial charge on any atom is 0.0590 e. The van der Waals surface area contributed by atoms with Gasteiger partial charge < -0.3 is 15.4 Å². The van der Waals surface area contributed by atoms with Crippen LogP contribution in [-0.2, 0) is 4.74 Å². The van der Waals surface area contributed by atoms with E-state index < -0.39 is 0 Å². The molecule has 2 aliphatic heterocycles. The van der Waals surface area contributed by atoms with Gasteiger partial charge in [0.2, 0.25) is 0 Å². The van der Waals surface area contributed by atoms with Crippen molar-refractivity contribution in [1.82, 2.24) is 9.80 Å². The lowest BCUT2D eigenvalue weighted by atomic mass is 9.82. The third-order valence-corrected chi connectivity index (χ3v) is 5.23. The van der Waals surface area contributed by atoms with Crippen molar-refractivity contribution in [2.24, 2.45) is 5.73 Å². The maximum atomic E-state index is 6.17. The number of likely N-dealkylation sites (tertiary alicyclic amines) is 1. The fourth-order valence-electron chi connectivity index (χ4n) is 3.72. The van der Waals surface area contributed by atoms with Gasteiger partial charge in [-0.25, -0.2) is 0 Å². The molecule has 0 spiro atoms. The average Bonchev–Trinajstić information content (AvgIpc) is 2.47. The lowest BCUT2D eigenvalue weighted by molar-refractivity contribution is -0.0806. The van der Waals surface area contributed by atoms with Crippen LogP contribution in [0.3, 0.4) is 0 Å². The van der Waals surface area contributed by atoms with E-state index in [1.165, 1.54) is 25.9 Å². The van der Waals surface area contributed by atoms with E-state index in [0.717, 1.165) is 38.5 Å². The zero-order valence-electron chi connectivity index (χ0n) is 12.9. The van der Waals surface area contributed by atoms with Crippen molar-refractivity contribution in [2.75, 3.05) is 40.3 Å². The molecule has 4 nitrogen and oxygen atoms in total. The van der Waals surface area contributed by atoms with E-state index >= 15 is 0 Å². The first kappa shape index (κ1) is 15.2. The molecule has 2 unspecified atom stereocenters. The molecule has 0 amide bonds. The monoisotopic (exact) mass is 269 g/mol. The Labute approximate surface area is 118 Å². The van der Waals surface area contributed by atoms with E-state index in [2.05, 4.69) is 30.8 Å². The Morgan fingerprint density at radius 1 is 1.32 bits per heavy atom. The third-order valence-electron chi connectivity index (χ3n) is 5.23. The Bertz CT molecular complexity index is 277. The first-order valence-corrected chi connectivity index (χ1v) is 7.84. The fourth-order valence-corrected chi connectivity index (χ4v) is 3.72. The highest BCUT2D eigenvalue weighted by atomic mass is 16.5. The summed E-state index contributed by atoms with van der Waals surface area (Å²) in [4.78, 5) is 5.03. The molecule has 0 radical (unpaired) electrons. The van der Waals surface area contributed by atoms with Crippen LogP contribution < -0.4 is 5.73 Å². The third kappa shape index (κ3) is 3.30. The Morgan fingerprint density at radius 3 is 2.53 bits per heavy atom. The average molecular weight is 269 g/mol. The molecular formula is C15H31N3O. The van der Waals surface area contributed by atoms with E-state index in [1.54, 1.807) is 0 Å². The van der Waals surface area contributed by atoms with Crippen LogP contribution in [0, 0.1) is 0 Å². The number of ether oxygens (including phenoxy) is 1. The molecule has 2 heterocycles. The lowest BCUT2D eigenvalue weighted by Crippen LogP contribution is -2.61. The quantitative estimate of drug-likeness (QED) is 0.835. The summed E-state index contributed by atoms with van der Waals surface area (Å²) in [7, 11) is 4.39. The zero-order chi connectivity index (χ0) is 13.9. The predicted octanol–water partition coefficient (Wildman–Crippen LogP) is 1.30. The van der Waals surface area contributed by atoms with Crippen LogP contribution in [0.2, 0.25) is 0 Å². The summed E-state index contributed by atoms with van der Waals surface area (Å²) in [6.45, 7) is 6.26. The lowest BCUT2D eigenvalue weighted by Gasteiger charge is -2.51. The predicted molar refractivity (Wildman–Crippen MR) is 79.3 cm³/mol. The van der Waals surface area contributed by atoms with Crippen molar-refractivity contribution in [1.29, 1.82) is 0 Å². The van der Waals surface area contributed by atoms with Crippen molar-refractivity contribution < 1.29 is 4.74 Å². The standard InChI is InChI=1S/C15H31N3O/c1-4-14-11-15(12-16,7-10-19-14)18-8-5-13(6-9-18)17(2)3/h13-14H,4-12,16H2,1-3H3. The Kier molecular flexibility index (Phi) is 5.23. The molecule has 4 heteroatoms. The minimum absolute atomic E-state index is 0.205. The second-order valence-corrected chi connectivity index (χ2v) is 6.47. The van der Waals surface area contributed by atoms with E-state index in [1.807, 2.05) is 0 Å². The van der Waals surface area contributed by atoms with Crippen LogP contribution in [0.1, 0.15) is 39.0 Å². The number of hydrogen-bond acceptors (Lipinski definition) is 4. The molecule has 2 aliphatic rings. The number of hydrogen-bond donors (Lipinski definition) is 1. The molecule has 0 aromatic carbocycles. The first-order chi connectivity index (χ1) is 9.11. The molecular weight excluding hydrogens is 238 g/mol. The van der Waals surface area contributed by atoms with Gasteiger partial charge >= 0.3 is 0 Å². The normalized spacial score (nSPS) is 34.9. The van der Waals surface area contributed by atoms with Crippen molar-refractivity contribution >= 4 is 0 Å². The van der Waals surface area contributed by atoms with Crippen molar-refractivity contribution in [3.05, 3.63) is 0 Å². The summed E-state index contributed by atoms with van der Waals surface area (Å²) in [6, 6.07) is 0.743. The molecule has 0 aromatic heterocycles. The van der Waals surface area contributed by atoms with Crippen LogP contribution in [-0.4, -0.2) is 67.8 Å². The van der Waals surface area contributed by atoms with Gasteiger partial charge in [-0.1, -0.05) is 6.92 Å². The van der Waals surface area contributed by atoms with Gasteiger partial charge in [0.15, 0.2) is 0 Å². The van der Waals surface area contributed by atoms with Gasteiger partial charge in [-0.05, 0) is 46.2 Å².